The Balaban J connectivity index is 2.66. The van der Waals surface area contributed by atoms with Crippen molar-refractivity contribution in [2.24, 2.45) is 10.8 Å². The molecule has 0 aliphatic heterocycles. The van der Waals surface area contributed by atoms with Gasteiger partial charge in [-0.2, -0.15) is 0 Å². The normalized spacial score (nSPS) is 16.0. The van der Waals surface area contributed by atoms with Gasteiger partial charge in [0, 0.05) is 0 Å². The van der Waals surface area contributed by atoms with Gasteiger partial charge in [-0.15, -0.1) is 0 Å². The van der Waals surface area contributed by atoms with Crippen molar-refractivity contribution in [3.63, 3.8) is 0 Å². The van der Waals surface area contributed by atoms with Crippen LogP contribution in [0.4, 0.5) is 0 Å². The van der Waals surface area contributed by atoms with Gasteiger partial charge in [0.1, 0.15) is 0 Å². The molecule has 0 aliphatic rings. The highest BCUT2D eigenvalue weighted by molar-refractivity contribution is 5.24. The van der Waals surface area contributed by atoms with Gasteiger partial charge in [-0.1, -0.05) is 65.8 Å². The van der Waals surface area contributed by atoms with Crippen molar-refractivity contribution in [1.29, 1.82) is 0 Å². The van der Waals surface area contributed by atoms with Crippen molar-refractivity contribution in [2.45, 2.75) is 66.6 Å². The summed E-state index contributed by atoms with van der Waals surface area (Å²) in [7, 11) is 0. The van der Waals surface area contributed by atoms with Gasteiger partial charge in [0.25, 0.3) is 0 Å². The van der Waals surface area contributed by atoms with Crippen molar-refractivity contribution in [3.8, 4) is 0 Å². The van der Waals surface area contributed by atoms with Gasteiger partial charge in [0.15, 0.2) is 0 Å². The van der Waals surface area contributed by atoms with E-state index in [2.05, 4.69) is 24.3 Å². The van der Waals surface area contributed by atoms with Crippen molar-refractivity contribution in [2.75, 3.05) is 0 Å². The molecule has 0 bridgehead atoms. The minimum absolute atomic E-state index is 0.0961. The third-order valence-corrected chi connectivity index (χ3v) is 3.88. The van der Waals surface area contributed by atoms with E-state index in [9.17, 15) is 10.2 Å². The SMILES string of the molecule is CC(C)(C)C(O)Cc1ccc(CC(O)C(C)(C)C)cc1. The summed E-state index contributed by atoms with van der Waals surface area (Å²) in [5.74, 6) is 0. The summed E-state index contributed by atoms with van der Waals surface area (Å²) in [6, 6.07) is 8.22. The van der Waals surface area contributed by atoms with E-state index in [0.29, 0.717) is 12.8 Å². The molecular weight excluding hydrogens is 248 g/mol. The molecule has 2 unspecified atom stereocenters. The Hall–Kier alpha value is -0.860. The number of aliphatic hydroxyl groups excluding tert-OH is 2. The Morgan fingerprint density at radius 1 is 0.700 bits per heavy atom. The summed E-state index contributed by atoms with van der Waals surface area (Å²) in [6.07, 6.45) is 0.666. The zero-order chi connectivity index (χ0) is 15.6. The number of hydrogen-bond acceptors (Lipinski definition) is 2. The third-order valence-electron chi connectivity index (χ3n) is 3.88. The first kappa shape index (κ1) is 17.2. The average Bonchev–Trinajstić information content (AvgIpc) is 2.29. The summed E-state index contributed by atoms with van der Waals surface area (Å²) in [4.78, 5) is 0. The molecule has 2 nitrogen and oxygen atoms in total. The van der Waals surface area contributed by atoms with E-state index in [-0.39, 0.29) is 23.0 Å². The molecule has 0 saturated heterocycles. The first-order chi connectivity index (χ1) is 9.00. The Bertz CT molecular complexity index is 366. The van der Waals surface area contributed by atoms with Crippen LogP contribution in [-0.4, -0.2) is 22.4 Å². The molecule has 1 rings (SSSR count). The van der Waals surface area contributed by atoms with Gasteiger partial charge in [0.2, 0.25) is 0 Å². The van der Waals surface area contributed by atoms with Crippen molar-refractivity contribution >= 4 is 0 Å². The predicted molar refractivity (Wildman–Crippen MR) is 84.8 cm³/mol. The molecule has 2 heteroatoms. The highest BCUT2D eigenvalue weighted by Crippen LogP contribution is 2.24. The standard InChI is InChI=1S/C18H30O2/c1-17(2,3)15(19)11-13-7-9-14(10-8-13)12-16(20)18(4,5)6/h7-10,15-16,19-20H,11-12H2,1-6H3. The molecule has 0 spiro atoms. The van der Waals surface area contributed by atoms with Crippen LogP contribution >= 0.6 is 0 Å². The van der Waals surface area contributed by atoms with E-state index in [1.165, 1.54) is 0 Å². The zero-order valence-corrected chi connectivity index (χ0v) is 13.8. The highest BCUT2D eigenvalue weighted by Gasteiger charge is 2.23. The molecular formula is C18H30O2. The van der Waals surface area contributed by atoms with E-state index >= 15 is 0 Å². The van der Waals surface area contributed by atoms with Gasteiger partial charge in [0.05, 0.1) is 12.2 Å². The van der Waals surface area contributed by atoms with Crippen molar-refractivity contribution in [1.82, 2.24) is 0 Å². The Kier molecular flexibility index (Phi) is 5.39. The zero-order valence-electron chi connectivity index (χ0n) is 13.8. The van der Waals surface area contributed by atoms with Gasteiger partial charge >= 0.3 is 0 Å². The number of rotatable bonds is 4. The number of benzene rings is 1. The maximum Gasteiger partial charge on any atom is 0.0628 e. The molecule has 114 valence electrons. The van der Waals surface area contributed by atoms with Gasteiger partial charge in [-0.25, -0.2) is 0 Å². The number of aliphatic hydroxyl groups is 2. The van der Waals surface area contributed by atoms with Crippen LogP contribution in [-0.2, 0) is 12.8 Å². The van der Waals surface area contributed by atoms with Crippen LogP contribution in [0.1, 0.15) is 52.7 Å². The Morgan fingerprint density at radius 2 is 0.950 bits per heavy atom. The molecule has 0 aromatic heterocycles. The van der Waals surface area contributed by atoms with E-state index in [1.54, 1.807) is 0 Å². The smallest absolute Gasteiger partial charge is 0.0628 e. The van der Waals surface area contributed by atoms with E-state index in [4.69, 9.17) is 0 Å². The lowest BCUT2D eigenvalue weighted by Crippen LogP contribution is -2.28. The second kappa shape index (κ2) is 6.28. The van der Waals surface area contributed by atoms with Crippen LogP contribution in [0.2, 0.25) is 0 Å². The first-order valence-electron chi connectivity index (χ1n) is 7.44. The fourth-order valence-corrected chi connectivity index (χ4v) is 1.87. The predicted octanol–water partition coefficient (Wildman–Crippen LogP) is 3.59. The fraction of sp³-hybridized carbons (Fsp3) is 0.667. The minimum atomic E-state index is -0.339. The van der Waals surface area contributed by atoms with Crippen LogP contribution in [0.15, 0.2) is 24.3 Å². The maximum atomic E-state index is 10.1. The van der Waals surface area contributed by atoms with E-state index < -0.39 is 0 Å². The quantitative estimate of drug-likeness (QED) is 0.883. The molecule has 1 aromatic rings. The molecule has 0 aliphatic carbocycles. The molecule has 20 heavy (non-hydrogen) atoms. The van der Waals surface area contributed by atoms with Gasteiger partial charge in [-0.3, -0.25) is 0 Å². The third kappa shape index (κ3) is 5.26. The second-order valence-electron chi connectivity index (χ2n) is 7.99. The minimum Gasteiger partial charge on any atom is -0.392 e. The Morgan fingerprint density at radius 3 is 1.15 bits per heavy atom. The van der Waals surface area contributed by atoms with Crippen molar-refractivity contribution in [3.05, 3.63) is 35.4 Å². The molecule has 0 amide bonds. The topological polar surface area (TPSA) is 40.5 Å². The van der Waals surface area contributed by atoms with Crippen LogP contribution in [0.5, 0.6) is 0 Å². The molecule has 0 heterocycles. The van der Waals surface area contributed by atoms with Crippen molar-refractivity contribution < 1.29 is 10.2 Å². The number of hydrogen-bond donors (Lipinski definition) is 2. The first-order valence-corrected chi connectivity index (χ1v) is 7.44. The monoisotopic (exact) mass is 278 g/mol. The van der Waals surface area contributed by atoms with Crippen LogP contribution in [0.3, 0.4) is 0 Å². The summed E-state index contributed by atoms with van der Waals surface area (Å²) in [6.45, 7) is 12.3. The van der Waals surface area contributed by atoms with Crippen LogP contribution < -0.4 is 0 Å². The molecule has 0 radical (unpaired) electrons. The second-order valence-corrected chi connectivity index (χ2v) is 7.99. The lowest BCUT2D eigenvalue weighted by atomic mass is 9.84. The summed E-state index contributed by atoms with van der Waals surface area (Å²) >= 11 is 0. The van der Waals surface area contributed by atoms with E-state index in [1.807, 2.05) is 41.5 Å². The Labute approximate surface area is 123 Å². The fourth-order valence-electron chi connectivity index (χ4n) is 1.87. The lowest BCUT2D eigenvalue weighted by molar-refractivity contribution is 0.0629. The lowest BCUT2D eigenvalue weighted by Gasteiger charge is -2.26. The molecule has 1 aromatic carbocycles. The molecule has 0 saturated carbocycles. The largest absolute Gasteiger partial charge is 0.392 e. The molecule has 2 N–H and O–H groups in total. The van der Waals surface area contributed by atoms with Gasteiger partial charge in [-0.05, 0) is 34.8 Å². The van der Waals surface area contributed by atoms with Crippen LogP contribution in [0.25, 0.3) is 0 Å². The summed E-state index contributed by atoms with van der Waals surface area (Å²) in [5.41, 5.74) is 2.09. The maximum absolute atomic E-state index is 10.1. The summed E-state index contributed by atoms with van der Waals surface area (Å²) < 4.78 is 0. The molecule has 0 fully saturated rings. The van der Waals surface area contributed by atoms with Crippen LogP contribution in [0, 0.1) is 10.8 Å². The molecule has 2 atom stereocenters. The highest BCUT2D eigenvalue weighted by atomic mass is 16.3. The van der Waals surface area contributed by atoms with Gasteiger partial charge < -0.3 is 10.2 Å². The van der Waals surface area contributed by atoms with E-state index in [0.717, 1.165) is 11.1 Å². The summed E-state index contributed by atoms with van der Waals surface area (Å²) in [5, 5.41) is 20.2. The average molecular weight is 278 g/mol.